The molecule has 0 aromatic heterocycles. The zero-order valence-corrected chi connectivity index (χ0v) is 14.9. The summed E-state index contributed by atoms with van der Waals surface area (Å²) >= 11 is 12.0. The van der Waals surface area contributed by atoms with Gasteiger partial charge in [-0.25, -0.2) is 0 Å². The van der Waals surface area contributed by atoms with Crippen LogP contribution in [0.3, 0.4) is 0 Å². The fraction of sp³-hybridized carbons (Fsp3) is 0.176. The second-order valence-corrected chi connectivity index (χ2v) is 6.51. The van der Waals surface area contributed by atoms with Crippen LogP contribution in [0.1, 0.15) is 23.2 Å². The first-order chi connectivity index (χ1) is 12.4. The van der Waals surface area contributed by atoms with Crippen LogP contribution in [-0.2, 0) is 4.79 Å². The maximum atomic E-state index is 12.3. The fourth-order valence-electron chi connectivity index (χ4n) is 2.70. The van der Waals surface area contributed by atoms with E-state index >= 15 is 0 Å². The Morgan fingerprint density at radius 1 is 1.15 bits per heavy atom. The van der Waals surface area contributed by atoms with E-state index in [0.29, 0.717) is 29.4 Å². The lowest BCUT2D eigenvalue weighted by Gasteiger charge is -2.18. The monoisotopic (exact) mass is 393 g/mol. The summed E-state index contributed by atoms with van der Waals surface area (Å²) in [4.78, 5) is 36.0. The molecule has 2 aromatic carbocycles. The SMILES string of the molecule is O=C(Nc1ccc(N2CCCC2=O)c(Cl)c1)c1ccc(Cl)c([N+](=O)[O-])c1. The van der Waals surface area contributed by atoms with Crippen molar-refractivity contribution >= 4 is 52.1 Å². The highest BCUT2D eigenvalue weighted by atomic mass is 35.5. The van der Waals surface area contributed by atoms with Gasteiger partial charge < -0.3 is 10.2 Å². The standard InChI is InChI=1S/C17H13Cl2N3O4/c18-12-5-3-10(8-15(12)22(25)26)17(24)20-11-4-6-14(13(19)9-11)21-7-1-2-16(21)23/h3-6,8-9H,1-2,7H2,(H,20,24). The maximum absolute atomic E-state index is 12.3. The molecule has 0 spiro atoms. The number of rotatable bonds is 4. The summed E-state index contributed by atoms with van der Waals surface area (Å²) in [5, 5.41) is 13.8. The minimum absolute atomic E-state index is 0.0113. The Hall–Kier alpha value is -2.64. The molecule has 1 aliphatic heterocycles. The highest BCUT2D eigenvalue weighted by Crippen LogP contribution is 2.32. The van der Waals surface area contributed by atoms with Crippen molar-refractivity contribution in [2.75, 3.05) is 16.8 Å². The number of hydrogen-bond donors (Lipinski definition) is 1. The molecule has 1 fully saturated rings. The topological polar surface area (TPSA) is 92.6 Å². The molecule has 9 heteroatoms. The average Bonchev–Trinajstić information content (AvgIpc) is 3.01. The van der Waals surface area contributed by atoms with Crippen molar-refractivity contribution in [1.29, 1.82) is 0 Å². The highest BCUT2D eigenvalue weighted by Gasteiger charge is 2.24. The van der Waals surface area contributed by atoms with E-state index in [1.165, 1.54) is 18.2 Å². The largest absolute Gasteiger partial charge is 0.322 e. The first-order valence-electron chi connectivity index (χ1n) is 7.72. The van der Waals surface area contributed by atoms with Crippen LogP contribution in [0.15, 0.2) is 36.4 Å². The normalized spacial score (nSPS) is 13.8. The van der Waals surface area contributed by atoms with E-state index in [1.54, 1.807) is 17.0 Å². The molecule has 0 radical (unpaired) electrons. The number of amides is 2. The van der Waals surface area contributed by atoms with Crippen molar-refractivity contribution in [2.24, 2.45) is 0 Å². The predicted molar refractivity (Wildman–Crippen MR) is 99.1 cm³/mol. The smallest absolute Gasteiger partial charge is 0.288 e. The molecule has 2 aromatic rings. The Balaban J connectivity index is 1.80. The van der Waals surface area contributed by atoms with Crippen molar-refractivity contribution in [3.05, 3.63) is 62.1 Å². The third-order valence-corrected chi connectivity index (χ3v) is 4.60. The van der Waals surface area contributed by atoms with Crippen LogP contribution >= 0.6 is 23.2 Å². The molecule has 134 valence electrons. The van der Waals surface area contributed by atoms with Crippen molar-refractivity contribution in [2.45, 2.75) is 12.8 Å². The first kappa shape index (κ1) is 18.2. The highest BCUT2D eigenvalue weighted by molar-refractivity contribution is 6.34. The average molecular weight is 394 g/mol. The van der Waals surface area contributed by atoms with E-state index in [-0.39, 0.29) is 22.2 Å². The van der Waals surface area contributed by atoms with E-state index in [9.17, 15) is 19.7 Å². The number of anilines is 2. The summed E-state index contributed by atoms with van der Waals surface area (Å²) < 4.78 is 0. The third-order valence-electron chi connectivity index (χ3n) is 3.97. The Labute approximate surface area is 158 Å². The lowest BCUT2D eigenvalue weighted by molar-refractivity contribution is -0.384. The van der Waals surface area contributed by atoms with E-state index < -0.39 is 10.8 Å². The minimum atomic E-state index is -0.655. The van der Waals surface area contributed by atoms with E-state index in [4.69, 9.17) is 23.2 Å². The summed E-state index contributed by atoms with van der Waals surface area (Å²) in [6.45, 7) is 0.610. The van der Waals surface area contributed by atoms with Gasteiger partial charge in [0.15, 0.2) is 0 Å². The van der Waals surface area contributed by atoms with Crippen molar-refractivity contribution < 1.29 is 14.5 Å². The Bertz CT molecular complexity index is 917. The second-order valence-electron chi connectivity index (χ2n) is 5.69. The van der Waals surface area contributed by atoms with Gasteiger partial charge in [-0.15, -0.1) is 0 Å². The zero-order chi connectivity index (χ0) is 18.8. The molecule has 1 N–H and O–H groups in total. The number of benzene rings is 2. The zero-order valence-electron chi connectivity index (χ0n) is 13.4. The summed E-state index contributed by atoms with van der Waals surface area (Å²) in [5.74, 6) is -0.525. The molecule has 1 aliphatic rings. The lowest BCUT2D eigenvalue weighted by atomic mass is 10.1. The van der Waals surface area contributed by atoms with E-state index in [0.717, 1.165) is 12.5 Å². The number of nitrogens with one attached hydrogen (secondary N) is 1. The fourth-order valence-corrected chi connectivity index (χ4v) is 3.17. The molecule has 2 amide bonds. The van der Waals surface area contributed by atoms with Crippen LogP contribution in [-0.4, -0.2) is 23.3 Å². The molecule has 7 nitrogen and oxygen atoms in total. The number of carbonyl (C=O) groups is 2. The van der Waals surface area contributed by atoms with Crippen LogP contribution in [0.2, 0.25) is 10.0 Å². The van der Waals surface area contributed by atoms with Crippen LogP contribution in [0.5, 0.6) is 0 Å². The van der Waals surface area contributed by atoms with Gasteiger partial charge in [-0.2, -0.15) is 0 Å². The number of nitrogens with zero attached hydrogens (tertiary/aromatic N) is 2. The van der Waals surface area contributed by atoms with Gasteiger partial charge in [0.25, 0.3) is 11.6 Å². The van der Waals surface area contributed by atoms with Gasteiger partial charge in [0.05, 0.1) is 15.6 Å². The van der Waals surface area contributed by atoms with E-state index in [1.807, 2.05) is 0 Å². The lowest BCUT2D eigenvalue weighted by Crippen LogP contribution is -2.24. The molecule has 0 atom stereocenters. The van der Waals surface area contributed by atoms with Crippen LogP contribution in [0.4, 0.5) is 17.1 Å². The molecule has 26 heavy (non-hydrogen) atoms. The van der Waals surface area contributed by atoms with Gasteiger partial charge in [0.1, 0.15) is 5.02 Å². The van der Waals surface area contributed by atoms with Crippen molar-refractivity contribution in [3.8, 4) is 0 Å². The molecular weight excluding hydrogens is 381 g/mol. The molecule has 0 saturated carbocycles. The van der Waals surface area contributed by atoms with Crippen molar-refractivity contribution in [3.63, 3.8) is 0 Å². The van der Waals surface area contributed by atoms with Crippen LogP contribution in [0.25, 0.3) is 0 Å². The molecule has 3 rings (SSSR count). The minimum Gasteiger partial charge on any atom is -0.322 e. The molecule has 0 aliphatic carbocycles. The number of carbonyl (C=O) groups excluding carboxylic acids is 2. The van der Waals surface area contributed by atoms with E-state index in [2.05, 4.69) is 5.32 Å². The van der Waals surface area contributed by atoms with Gasteiger partial charge in [0.2, 0.25) is 5.91 Å². The third kappa shape index (κ3) is 3.63. The van der Waals surface area contributed by atoms with Crippen molar-refractivity contribution in [1.82, 2.24) is 0 Å². The summed E-state index contributed by atoms with van der Waals surface area (Å²) in [5.41, 5.74) is 0.749. The van der Waals surface area contributed by atoms with Gasteiger partial charge in [-0.3, -0.25) is 19.7 Å². The molecule has 1 heterocycles. The summed E-state index contributed by atoms with van der Waals surface area (Å²) in [6, 6.07) is 8.61. The van der Waals surface area contributed by atoms with Gasteiger partial charge in [-0.1, -0.05) is 23.2 Å². The van der Waals surface area contributed by atoms with Gasteiger partial charge in [-0.05, 0) is 36.8 Å². The van der Waals surface area contributed by atoms with Gasteiger partial charge >= 0.3 is 0 Å². The molecular formula is C17H13Cl2N3O4. The quantitative estimate of drug-likeness (QED) is 0.619. The van der Waals surface area contributed by atoms with Crippen LogP contribution in [0, 0.1) is 10.1 Å². The first-order valence-corrected chi connectivity index (χ1v) is 8.47. The van der Waals surface area contributed by atoms with Gasteiger partial charge in [0, 0.05) is 30.3 Å². The second kappa shape index (κ2) is 7.31. The maximum Gasteiger partial charge on any atom is 0.288 e. The summed E-state index contributed by atoms with van der Waals surface area (Å²) in [7, 11) is 0. The molecule has 0 bridgehead atoms. The summed E-state index contributed by atoms with van der Waals surface area (Å²) in [6.07, 6.45) is 1.27. The molecule has 0 unspecified atom stereocenters. The predicted octanol–water partition coefficient (Wildman–Crippen LogP) is 4.28. The Kier molecular flexibility index (Phi) is 5.11. The van der Waals surface area contributed by atoms with Crippen LogP contribution < -0.4 is 10.2 Å². The number of nitro groups is 1. The number of nitro benzene ring substituents is 1. The number of hydrogen-bond acceptors (Lipinski definition) is 4. The Morgan fingerprint density at radius 3 is 2.54 bits per heavy atom. The molecule has 1 saturated heterocycles. The Morgan fingerprint density at radius 2 is 1.92 bits per heavy atom. The number of halogens is 2.